The quantitative estimate of drug-likeness (QED) is 0.227. The molecule has 0 aromatic heterocycles. The van der Waals surface area contributed by atoms with E-state index in [-0.39, 0.29) is 13.2 Å². The summed E-state index contributed by atoms with van der Waals surface area (Å²) in [6, 6.07) is 0. The number of hydrogen-bond acceptors (Lipinski definition) is 5. The van der Waals surface area contributed by atoms with Crippen LogP contribution >= 0.6 is 0 Å². The molecule has 1 heterocycles. The van der Waals surface area contributed by atoms with Gasteiger partial charge in [-0.25, -0.2) is 0 Å². The lowest BCUT2D eigenvalue weighted by atomic mass is 10.0. The summed E-state index contributed by atoms with van der Waals surface area (Å²) in [6.07, 6.45) is 18.9. The van der Waals surface area contributed by atoms with Gasteiger partial charge in [0.25, 0.3) is 0 Å². The van der Waals surface area contributed by atoms with Gasteiger partial charge in [-0.2, -0.15) is 0 Å². The predicted octanol–water partition coefficient (Wildman–Crippen LogP) is 4.52. The molecular formula is C24H46O5. The third-order valence-electron chi connectivity index (χ3n) is 5.69. The molecule has 0 saturated carbocycles. The molecule has 1 aliphatic rings. The minimum atomic E-state index is -1.15. The average molecular weight is 415 g/mol. The van der Waals surface area contributed by atoms with Gasteiger partial charge in [-0.3, -0.25) is 0 Å². The second-order valence-corrected chi connectivity index (χ2v) is 8.43. The van der Waals surface area contributed by atoms with E-state index < -0.39 is 24.4 Å². The highest BCUT2D eigenvalue weighted by Gasteiger charge is 2.37. The van der Waals surface area contributed by atoms with Crippen LogP contribution in [-0.4, -0.2) is 59.6 Å². The smallest absolute Gasteiger partial charge is 0.111 e. The first-order valence-electron chi connectivity index (χ1n) is 12.0. The van der Waals surface area contributed by atoms with Crippen molar-refractivity contribution >= 4 is 0 Å². The molecule has 172 valence electrons. The number of allylic oxidation sites excluding steroid dienone is 2. The lowest BCUT2D eigenvalue weighted by Gasteiger charge is -2.35. The van der Waals surface area contributed by atoms with Crippen molar-refractivity contribution in [3.63, 3.8) is 0 Å². The van der Waals surface area contributed by atoms with Gasteiger partial charge in [-0.05, 0) is 25.7 Å². The molecule has 0 aromatic carbocycles. The van der Waals surface area contributed by atoms with Gasteiger partial charge in [-0.1, -0.05) is 83.3 Å². The summed E-state index contributed by atoms with van der Waals surface area (Å²) in [5.74, 6) is 0. The number of aliphatic hydroxyl groups is 3. The van der Waals surface area contributed by atoms with Crippen molar-refractivity contribution in [2.45, 2.75) is 121 Å². The third-order valence-corrected chi connectivity index (χ3v) is 5.69. The molecule has 0 radical (unpaired) electrons. The Balaban J connectivity index is 1.78. The highest BCUT2D eigenvalue weighted by atomic mass is 16.6. The molecule has 1 aliphatic heterocycles. The number of ether oxygens (including phenoxy) is 2. The molecule has 0 aliphatic carbocycles. The Kier molecular flexibility index (Phi) is 16.8. The van der Waals surface area contributed by atoms with Crippen molar-refractivity contribution in [1.82, 2.24) is 0 Å². The van der Waals surface area contributed by atoms with Crippen LogP contribution in [0.15, 0.2) is 12.2 Å². The first kappa shape index (κ1) is 26.6. The summed E-state index contributed by atoms with van der Waals surface area (Å²) in [6.45, 7) is 3.20. The van der Waals surface area contributed by atoms with Crippen molar-refractivity contribution < 1.29 is 24.8 Å². The van der Waals surface area contributed by atoms with Gasteiger partial charge in [-0.15, -0.1) is 0 Å². The fraction of sp³-hybridized carbons (Fsp3) is 0.917. The maximum Gasteiger partial charge on any atom is 0.111 e. The molecule has 1 fully saturated rings. The number of aliphatic hydroxyl groups excluding tert-OH is 3. The van der Waals surface area contributed by atoms with Crippen LogP contribution < -0.4 is 0 Å². The molecule has 4 atom stereocenters. The topological polar surface area (TPSA) is 79.2 Å². The lowest BCUT2D eigenvalue weighted by Crippen LogP contribution is -2.54. The van der Waals surface area contributed by atoms with Gasteiger partial charge in [0.05, 0.1) is 13.2 Å². The van der Waals surface area contributed by atoms with Gasteiger partial charge >= 0.3 is 0 Å². The molecule has 0 spiro atoms. The largest absolute Gasteiger partial charge is 0.388 e. The van der Waals surface area contributed by atoms with E-state index in [0.29, 0.717) is 6.61 Å². The summed E-state index contributed by atoms with van der Waals surface area (Å²) in [5.41, 5.74) is 0. The first-order valence-corrected chi connectivity index (χ1v) is 12.0. The van der Waals surface area contributed by atoms with E-state index in [0.717, 1.165) is 6.42 Å². The first-order chi connectivity index (χ1) is 14.2. The standard InChI is InChI=1S/C24H46O5/c1-2-3-4-5-6-7-8-9-10-11-12-13-14-15-16-17-18-28-20-22-24(27)23(26)21(25)19-29-22/h5-6,21-27H,2-4,7-20H2,1H3/b6-5+/t21-,22+,23+,24+/m0/s1. The minimum absolute atomic E-state index is 0.0440. The van der Waals surface area contributed by atoms with Crippen LogP contribution in [0.4, 0.5) is 0 Å². The summed E-state index contributed by atoms with van der Waals surface area (Å²) in [4.78, 5) is 0. The summed E-state index contributed by atoms with van der Waals surface area (Å²) in [7, 11) is 0. The van der Waals surface area contributed by atoms with E-state index in [9.17, 15) is 15.3 Å². The van der Waals surface area contributed by atoms with Crippen molar-refractivity contribution in [3.05, 3.63) is 12.2 Å². The molecular weight excluding hydrogens is 368 g/mol. The van der Waals surface area contributed by atoms with E-state index in [4.69, 9.17) is 9.47 Å². The van der Waals surface area contributed by atoms with E-state index in [2.05, 4.69) is 19.1 Å². The Labute approximate surface area is 178 Å². The van der Waals surface area contributed by atoms with Crippen LogP contribution in [0, 0.1) is 0 Å². The van der Waals surface area contributed by atoms with Crippen LogP contribution in [0.25, 0.3) is 0 Å². The fourth-order valence-electron chi connectivity index (χ4n) is 3.65. The van der Waals surface area contributed by atoms with Crippen LogP contribution in [0.5, 0.6) is 0 Å². The third kappa shape index (κ3) is 13.5. The maximum atomic E-state index is 9.83. The molecule has 0 unspecified atom stereocenters. The summed E-state index contributed by atoms with van der Waals surface area (Å²) >= 11 is 0. The Morgan fingerprint density at radius 2 is 1.31 bits per heavy atom. The van der Waals surface area contributed by atoms with Crippen LogP contribution in [-0.2, 0) is 9.47 Å². The second-order valence-electron chi connectivity index (χ2n) is 8.43. The van der Waals surface area contributed by atoms with Crippen molar-refractivity contribution in [2.75, 3.05) is 19.8 Å². The van der Waals surface area contributed by atoms with Gasteiger partial charge in [0.2, 0.25) is 0 Å². The average Bonchev–Trinajstić information content (AvgIpc) is 2.72. The Bertz CT molecular complexity index is 387. The van der Waals surface area contributed by atoms with E-state index in [1.165, 1.54) is 83.5 Å². The Morgan fingerprint density at radius 3 is 1.93 bits per heavy atom. The number of unbranched alkanes of at least 4 members (excludes halogenated alkanes) is 12. The van der Waals surface area contributed by atoms with Crippen LogP contribution in [0.1, 0.15) is 96.8 Å². The molecule has 0 amide bonds. The van der Waals surface area contributed by atoms with Gasteiger partial charge in [0.1, 0.15) is 24.4 Å². The normalized spacial score (nSPS) is 25.1. The molecule has 1 rings (SSSR count). The van der Waals surface area contributed by atoms with E-state index in [1.54, 1.807) is 0 Å². The highest BCUT2D eigenvalue weighted by molar-refractivity contribution is 4.86. The summed E-state index contributed by atoms with van der Waals surface area (Å²) < 4.78 is 10.9. The zero-order valence-electron chi connectivity index (χ0n) is 18.6. The van der Waals surface area contributed by atoms with E-state index >= 15 is 0 Å². The van der Waals surface area contributed by atoms with Crippen molar-refractivity contribution in [1.29, 1.82) is 0 Å². The summed E-state index contributed by atoms with van der Waals surface area (Å²) in [5, 5.41) is 28.9. The molecule has 3 N–H and O–H groups in total. The molecule has 29 heavy (non-hydrogen) atoms. The molecule has 5 heteroatoms. The number of hydrogen-bond donors (Lipinski definition) is 3. The lowest BCUT2D eigenvalue weighted by molar-refractivity contribution is -0.199. The number of rotatable bonds is 18. The van der Waals surface area contributed by atoms with Gasteiger partial charge < -0.3 is 24.8 Å². The van der Waals surface area contributed by atoms with Crippen LogP contribution in [0.2, 0.25) is 0 Å². The SMILES string of the molecule is CCCC/C=C/CCCCCCCCCCCCOC[C@H]1OC[C@H](O)[C@@H](O)[C@@H]1O. The zero-order valence-corrected chi connectivity index (χ0v) is 18.6. The van der Waals surface area contributed by atoms with Crippen molar-refractivity contribution in [3.8, 4) is 0 Å². The highest BCUT2D eigenvalue weighted by Crippen LogP contribution is 2.16. The van der Waals surface area contributed by atoms with Gasteiger partial charge in [0, 0.05) is 6.61 Å². The van der Waals surface area contributed by atoms with Crippen LogP contribution in [0.3, 0.4) is 0 Å². The van der Waals surface area contributed by atoms with Crippen molar-refractivity contribution in [2.24, 2.45) is 0 Å². The Hall–Kier alpha value is -0.460. The predicted molar refractivity (Wildman–Crippen MR) is 118 cm³/mol. The second kappa shape index (κ2) is 18.3. The molecule has 1 saturated heterocycles. The fourth-order valence-corrected chi connectivity index (χ4v) is 3.65. The molecule has 0 aromatic rings. The maximum absolute atomic E-state index is 9.83. The van der Waals surface area contributed by atoms with Gasteiger partial charge in [0.15, 0.2) is 0 Å². The zero-order chi connectivity index (χ0) is 21.2. The van der Waals surface area contributed by atoms with E-state index in [1.807, 2.05) is 0 Å². The monoisotopic (exact) mass is 414 g/mol. The molecule has 5 nitrogen and oxygen atoms in total. The minimum Gasteiger partial charge on any atom is -0.388 e. The molecule has 0 bridgehead atoms. The Morgan fingerprint density at radius 1 is 0.759 bits per heavy atom.